The van der Waals surface area contributed by atoms with Crippen molar-refractivity contribution in [2.75, 3.05) is 0 Å². The summed E-state index contributed by atoms with van der Waals surface area (Å²) in [5, 5.41) is -0.535. The first-order valence-corrected chi connectivity index (χ1v) is 4.74. The summed E-state index contributed by atoms with van der Waals surface area (Å²) in [6.07, 6.45) is -0.149. The Morgan fingerprint density at radius 2 is 2.18 bits per heavy atom. The lowest BCUT2D eigenvalue weighted by Crippen LogP contribution is -1.98. The molecule has 0 radical (unpaired) electrons. The molecule has 1 heterocycles. The standard InChI is InChI=1S/C4H2ClFN2O2S/c5-11(9,10)3-1-2-7-4(6)8-3/h1-2H. The average Bonchev–Trinajstić information content (AvgIpc) is 1.86. The molecule has 0 aliphatic carbocycles. The van der Waals surface area contributed by atoms with E-state index in [9.17, 15) is 12.8 Å². The Balaban J connectivity index is 3.28. The molecule has 0 fully saturated rings. The Bertz CT molecular complexity index is 366. The third kappa shape index (κ3) is 2.09. The maximum Gasteiger partial charge on any atom is 0.309 e. The fourth-order valence-corrected chi connectivity index (χ4v) is 1.12. The number of aromatic nitrogens is 2. The predicted molar refractivity (Wildman–Crippen MR) is 35.0 cm³/mol. The van der Waals surface area contributed by atoms with E-state index >= 15 is 0 Å². The van der Waals surface area contributed by atoms with E-state index in [4.69, 9.17) is 10.7 Å². The number of hydrogen-bond acceptors (Lipinski definition) is 4. The van der Waals surface area contributed by atoms with Crippen LogP contribution >= 0.6 is 10.7 Å². The van der Waals surface area contributed by atoms with Gasteiger partial charge in [-0.3, -0.25) is 0 Å². The van der Waals surface area contributed by atoms with Crippen LogP contribution in [0, 0.1) is 6.08 Å². The SMILES string of the molecule is O=S(=O)(Cl)c1ccnc(F)n1. The minimum Gasteiger partial charge on any atom is -0.211 e. The summed E-state index contributed by atoms with van der Waals surface area (Å²) in [5.74, 6) is 0. The minimum atomic E-state index is -3.94. The Hall–Kier alpha value is -0.750. The van der Waals surface area contributed by atoms with Gasteiger partial charge in [0, 0.05) is 16.9 Å². The zero-order chi connectivity index (χ0) is 8.48. The summed E-state index contributed by atoms with van der Waals surface area (Å²) in [5.41, 5.74) is 0. The second-order valence-electron chi connectivity index (χ2n) is 1.60. The van der Waals surface area contributed by atoms with E-state index in [1.165, 1.54) is 0 Å². The molecule has 1 rings (SSSR count). The number of hydrogen-bond donors (Lipinski definition) is 0. The van der Waals surface area contributed by atoms with Gasteiger partial charge in [-0.25, -0.2) is 13.4 Å². The first kappa shape index (κ1) is 8.35. The molecule has 0 N–H and O–H groups in total. The van der Waals surface area contributed by atoms with Crippen LogP contribution in [0.4, 0.5) is 4.39 Å². The second-order valence-corrected chi connectivity index (χ2v) is 4.11. The first-order valence-electron chi connectivity index (χ1n) is 2.43. The Labute approximate surface area is 66.5 Å². The molecule has 7 heteroatoms. The van der Waals surface area contributed by atoms with E-state index in [-0.39, 0.29) is 0 Å². The topological polar surface area (TPSA) is 59.9 Å². The molecule has 0 atom stereocenters. The lowest BCUT2D eigenvalue weighted by Gasteiger charge is -1.91. The largest absolute Gasteiger partial charge is 0.309 e. The quantitative estimate of drug-likeness (QED) is 0.374. The molecule has 0 aliphatic rings. The smallest absolute Gasteiger partial charge is 0.211 e. The Morgan fingerprint density at radius 1 is 1.55 bits per heavy atom. The van der Waals surface area contributed by atoms with E-state index < -0.39 is 20.2 Å². The molecule has 0 aromatic carbocycles. The molecular weight excluding hydrogens is 195 g/mol. The number of halogens is 2. The summed E-state index contributed by atoms with van der Waals surface area (Å²) in [4.78, 5) is 6.00. The van der Waals surface area contributed by atoms with Gasteiger partial charge in [-0.2, -0.15) is 9.37 Å². The van der Waals surface area contributed by atoms with E-state index in [1.54, 1.807) is 0 Å². The van der Waals surface area contributed by atoms with E-state index in [0.29, 0.717) is 0 Å². The third-order valence-electron chi connectivity index (χ3n) is 0.850. The van der Waals surface area contributed by atoms with E-state index in [2.05, 4.69) is 9.97 Å². The lowest BCUT2D eigenvalue weighted by atomic mass is 10.7. The van der Waals surface area contributed by atoms with Crippen molar-refractivity contribution >= 4 is 19.7 Å². The van der Waals surface area contributed by atoms with Crippen molar-refractivity contribution in [1.82, 2.24) is 9.97 Å². The summed E-state index contributed by atoms with van der Waals surface area (Å²) < 4.78 is 33.1. The minimum absolute atomic E-state index is 0.535. The molecule has 0 unspecified atom stereocenters. The maximum absolute atomic E-state index is 12.2. The zero-order valence-electron chi connectivity index (χ0n) is 5.03. The lowest BCUT2D eigenvalue weighted by molar-refractivity contribution is 0.521. The van der Waals surface area contributed by atoms with Crippen molar-refractivity contribution in [1.29, 1.82) is 0 Å². The normalized spacial score (nSPS) is 11.5. The predicted octanol–water partition coefficient (Wildman–Crippen LogP) is 0.543. The fraction of sp³-hybridized carbons (Fsp3) is 0. The third-order valence-corrected chi connectivity index (χ3v) is 2.05. The van der Waals surface area contributed by atoms with Crippen LogP contribution in [-0.4, -0.2) is 18.4 Å². The highest BCUT2D eigenvalue weighted by molar-refractivity contribution is 8.13. The summed E-state index contributed by atoms with van der Waals surface area (Å²) in [6, 6.07) is 1.01. The summed E-state index contributed by atoms with van der Waals surface area (Å²) in [7, 11) is 0.902. The molecule has 0 saturated carbocycles. The van der Waals surface area contributed by atoms with Gasteiger partial charge in [-0.1, -0.05) is 0 Å². The van der Waals surface area contributed by atoms with Gasteiger partial charge in [0.2, 0.25) is 0 Å². The van der Waals surface area contributed by atoms with Crippen molar-refractivity contribution < 1.29 is 12.8 Å². The highest BCUT2D eigenvalue weighted by Crippen LogP contribution is 2.09. The number of nitrogens with zero attached hydrogens (tertiary/aromatic N) is 2. The van der Waals surface area contributed by atoms with Crippen LogP contribution in [0.3, 0.4) is 0 Å². The summed E-state index contributed by atoms with van der Waals surface area (Å²) >= 11 is 0. The van der Waals surface area contributed by atoms with Crippen LogP contribution in [0.15, 0.2) is 17.3 Å². The Kier molecular flexibility index (Phi) is 2.05. The van der Waals surface area contributed by atoms with Crippen LogP contribution in [0.2, 0.25) is 0 Å². The molecule has 0 bridgehead atoms. The van der Waals surface area contributed by atoms with Crippen LogP contribution in [0.25, 0.3) is 0 Å². The van der Waals surface area contributed by atoms with Gasteiger partial charge in [-0.05, 0) is 6.07 Å². The molecule has 11 heavy (non-hydrogen) atoms. The zero-order valence-corrected chi connectivity index (χ0v) is 6.60. The van der Waals surface area contributed by atoms with E-state index in [0.717, 1.165) is 12.3 Å². The van der Waals surface area contributed by atoms with Crippen LogP contribution in [0.1, 0.15) is 0 Å². The molecule has 0 aliphatic heterocycles. The molecule has 1 aromatic rings. The van der Waals surface area contributed by atoms with Crippen LogP contribution < -0.4 is 0 Å². The highest BCUT2D eigenvalue weighted by Gasteiger charge is 2.11. The van der Waals surface area contributed by atoms with Crippen LogP contribution in [-0.2, 0) is 9.05 Å². The Morgan fingerprint density at radius 3 is 2.55 bits per heavy atom. The van der Waals surface area contributed by atoms with Crippen molar-refractivity contribution in [2.24, 2.45) is 0 Å². The van der Waals surface area contributed by atoms with Crippen molar-refractivity contribution in [3.63, 3.8) is 0 Å². The highest BCUT2D eigenvalue weighted by atomic mass is 35.7. The molecule has 60 valence electrons. The van der Waals surface area contributed by atoms with Gasteiger partial charge in [0.15, 0.2) is 5.03 Å². The van der Waals surface area contributed by atoms with Gasteiger partial charge in [0.05, 0.1) is 0 Å². The van der Waals surface area contributed by atoms with Gasteiger partial charge in [0.1, 0.15) is 0 Å². The fourth-order valence-electron chi connectivity index (χ4n) is 0.455. The first-order chi connectivity index (χ1) is 5.00. The molecule has 0 amide bonds. The van der Waals surface area contributed by atoms with Crippen molar-refractivity contribution in [3.05, 3.63) is 18.3 Å². The molecule has 4 nitrogen and oxygen atoms in total. The molecular formula is C4H2ClFN2O2S. The van der Waals surface area contributed by atoms with Crippen LogP contribution in [0.5, 0.6) is 0 Å². The monoisotopic (exact) mass is 196 g/mol. The number of rotatable bonds is 1. The average molecular weight is 197 g/mol. The van der Waals surface area contributed by atoms with Gasteiger partial charge in [0.25, 0.3) is 9.05 Å². The van der Waals surface area contributed by atoms with Gasteiger partial charge in [-0.15, -0.1) is 0 Å². The molecule has 0 saturated heterocycles. The van der Waals surface area contributed by atoms with E-state index in [1.807, 2.05) is 0 Å². The second kappa shape index (κ2) is 2.71. The van der Waals surface area contributed by atoms with Crippen molar-refractivity contribution in [2.45, 2.75) is 5.03 Å². The maximum atomic E-state index is 12.2. The van der Waals surface area contributed by atoms with Crippen molar-refractivity contribution in [3.8, 4) is 0 Å². The summed E-state index contributed by atoms with van der Waals surface area (Å²) in [6.45, 7) is 0. The molecule has 0 spiro atoms. The van der Waals surface area contributed by atoms with Gasteiger partial charge < -0.3 is 0 Å². The molecule has 1 aromatic heterocycles. The van der Waals surface area contributed by atoms with Gasteiger partial charge >= 0.3 is 6.08 Å².